The number of benzene rings is 2. The first-order valence-corrected chi connectivity index (χ1v) is 9.24. The van der Waals surface area contributed by atoms with Crippen molar-refractivity contribution in [3.05, 3.63) is 72.3 Å². The molecule has 6 heteroatoms. The zero-order chi connectivity index (χ0) is 21.2. The number of hydrogen-bond acceptors (Lipinski definition) is 4. The Kier molecular flexibility index (Phi) is 8.03. The summed E-state index contributed by atoms with van der Waals surface area (Å²) >= 11 is 0. The van der Waals surface area contributed by atoms with E-state index in [9.17, 15) is 9.59 Å². The van der Waals surface area contributed by atoms with Gasteiger partial charge in [-0.3, -0.25) is 9.59 Å². The van der Waals surface area contributed by atoms with E-state index in [0.29, 0.717) is 29.4 Å². The van der Waals surface area contributed by atoms with E-state index in [1.807, 2.05) is 19.9 Å². The van der Waals surface area contributed by atoms with Gasteiger partial charge in [-0.1, -0.05) is 18.7 Å². The van der Waals surface area contributed by atoms with Crippen LogP contribution in [0.15, 0.2) is 61.2 Å². The van der Waals surface area contributed by atoms with Gasteiger partial charge in [-0.2, -0.15) is 0 Å². The molecule has 0 aliphatic rings. The lowest BCUT2D eigenvalue weighted by molar-refractivity contribution is -0.111. The van der Waals surface area contributed by atoms with E-state index >= 15 is 0 Å². The van der Waals surface area contributed by atoms with Crippen LogP contribution in [-0.4, -0.2) is 31.6 Å². The quantitative estimate of drug-likeness (QED) is 0.497. The lowest BCUT2D eigenvalue weighted by Gasteiger charge is -2.10. The number of rotatable bonds is 9. The molecule has 0 spiro atoms. The Bertz CT molecular complexity index is 886. The highest BCUT2D eigenvalue weighted by molar-refractivity contribution is 6.02. The van der Waals surface area contributed by atoms with Crippen molar-refractivity contribution in [2.75, 3.05) is 19.0 Å². The summed E-state index contributed by atoms with van der Waals surface area (Å²) in [4.78, 5) is 24.1. The minimum Gasteiger partial charge on any atom is -0.493 e. The Morgan fingerprint density at radius 3 is 2.45 bits per heavy atom. The van der Waals surface area contributed by atoms with Crippen molar-refractivity contribution in [2.45, 2.75) is 19.9 Å². The Balaban J connectivity index is 1.98. The van der Waals surface area contributed by atoms with Crippen LogP contribution in [0.1, 0.15) is 29.8 Å². The molecule has 0 aliphatic carbocycles. The summed E-state index contributed by atoms with van der Waals surface area (Å²) in [5.74, 6) is 0.753. The van der Waals surface area contributed by atoms with Gasteiger partial charge in [-0.25, -0.2) is 0 Å². The van der Waals surface area contributed by atoms with Crippen molar-refractivity contribution < 1.29 is 19.1 Å². The van der Waals surface area contributed by atoms with Gasteiger partial charge in [-0.15, -0.1) is 0 Å². The molecule has 0 aliphatic heterocycles. The molecule has 2 rings (SSSR count). The van der Waals surface area contributed by atoms with Crippen molar-refractivity contribution in [1.82, 2.24) is 5.32 Å². The lowest BCUT2D eigenvalue weighted by Crippen LogP contribution is -2.29. The maximum atomic E-state index is 12.2. The number of nitrogens with one attached hydrogen (secondary N) is 2. The maximum Gasteiger partial charge on any atom is 0.251 e. The predicted molar refractivity (Wildman–Crippen MR) is 115 cm³/mol. The van der Waals surface area contributed by atoms with E-state index in [1.54, 1.807) is 55.7 Å². The fourth-order valence-electron chi connectivity index (χ4n) is 2.46. The first kappa shape index (κ1) is 21.8. The highest BCUT2D eigenvalue weighted by Gasteiger charge is 2.07. The van der Waals surface area contributed by atoms with Gasteiger partial charge >= 0.3 is 0 Å². The average Bonchev–Trinajstić information content (AvgIpc) is 2.71. The average molecular weight is 394 g/mol. The highest BCUT2D eigenvalue weighted by atomic mass is 16.5. The molecule has 2 amide bonds. The summed E-state index contributed by atoms with van der Waals surface area (Å²) in [5, 5.41) is 5.58. The van der Waals surface area contributed by atoms with Gasteiger partial charge in [0, 0.05) is 23.4 Å². The van der Waals surface area contributed by atoms with Crippen LogP contribution in [0.3, 0.4) is 0 Å². The summed E-state index contributed by atoms with van der Waals surface area (Å²) in [6.45, 7) is 7.79. The van der Waals surface area contributed by atoms with E-state index in [-0.39, 0.29) is 17.9 Å². The smallest absolute Gasteiger partial charge is 0.251 e. The van der Waals surface area contributed by atoms with Crippen molar-refractivity contribution in [3.8, 4) is 11.5 Å². The molecule has 2 aromatic rings. The molecule has 2 N–H and O–H groups in total. The molecule has 0 atom stereocenters. The van der Waals surface area contributed by atoms with Crippen LogP contribution in [0, 0.1) is 0 Å². The van der Waals surface area contributed by atoms with Crippen molar-refractivity contribution in [2.24, 2.45) is 0 Å². The largest absolute Gasteiger partial charge is 0.493 e. The number of anilines is 1. The fraction of sp³-hybridized carbons (Fsp3) is 0.217. The zero-order valence-corrected chi connectivity index (χ0v) is 16.9. The highest BCUT2D eigenvalue weighted by Crippen LogP contribution is 2.28. The molecule has 0 radical (unpaired) electrons. The van der Waals surface area contributed by atoms with Crippen LogP contribution in [0.4, 0.5) is 5.69 Å². The van der Waals surface area contributed by atoms with Gasteiger partial charge < -0.3 is 20.1 Å². The standard InChI is InChI=1S/C23H26N2O4/c1-5-14-29-20-12-6-17(15-21(20)28-4)7-13-22(26)25-19-10-8-18(9-11-19)23(27)24-16(2)3/h5-13,15-16H,1,14H2,2-4H3,(H,24,27)(H,25,26)/b13-7+. The lowest BCUT2D eigenvalue weighted by atomic mass is 10.1. The summed E-state index contributed by atoms with van der Waals surface area (Å²) in [5.41, 5.74) is 1.94. The summed E-state index contributed by atoms with van der Waals surface area (Å²) in [6.07, 6.45) is 4.76. The van der Waals surface area contributed by atoms with Crippen molar-refractivity contribution in [1.29, 1.82) is 0 Å². The Morgan fingerprint density at radius 1 is 1.10 bits per heavy atom. The van der Waals surface area contributed by atoms with E-state index in [1.165, 1.54) is 6.08 Å². The molecule has 6 nitrogen and oxygen atoms in total. The first-order chi connectivity index (χ1) is 13.9. The maximum absolute atomic E-state index is 12.2. The third-order valence-corrected chi connectivity index (χ3v) is 3.81. The van der Waals surface area contributed by atoms with Crippen LogP contribution in [-0.2, 0) is 4.79 Å². The van der Waals surface area contributed by atoms with Crippen molar-refractivity contribution in [3.63, 3.8) is 0 Å². The van der Waals surface area contributed by atoms with Crippen LogP contribution in [0.2, 0.25) is 0 Å². The Hall–Kier alpha value is -3.54. The van der Waals surface area contributed by atoms with E-state index in [4.69, 9.17) is 9.47 Å². The molecule has 0 fully saturated rings. The minimum atomic E-state index is -0.282. The van der Waals surface area contributed by atoms with Gasteiger partial charge in [0.05, 0.1) is 7.11 Å². The number of amides is 2. The molecule has 0 saturated heterocycles. The van der Waals surface area contributed by atoms with E-state index < -0.39 is 0 Å². The minimum absolute atomic E-state index is 0.0632. The summed E-state index contributed by atoms with van der Waals surface area (Å²) in [6, 6.07) is 12.2. The second kappa shape index (κ2) is 10.7. The van der Waals surface area contributed by atoms with Crippen LogP contribution in [0.5, 0.6) is 11.5 Å². The number of ether oxygens (including phenoxy) is 2. The van der Waals surface area contributed by atoms with Gasteiger partial charge in [-0.05, 0) is 61.9 Å². The molecular weight excluding hydrogens is 368 g/mol. The number of carbonyl (C=O) groups is 2. The molecule has 152 valence electrons. The second-order valence-electron chi connectivity index (χ2n) is 6.54. The molecule has 0 saturated carbocycles. The van der Waals surface area contributed by atoms with E-state index in [0.717, 1.165) is 5.56 Å². The molecule has 0 bridgehead atoms. The fourth-order valence-corrected chi connectivity index (χ4v) is 2.46. The summed E-state index contributed by atoms with van der Waals surface area (Å²) < 4.78 is 10.8. The molecule has 0 heterocycles. The van der Waals surface area contributed by atoms with Gasteiger partial charge in [0.2, 0.25) is 5.91 Å². The third kappa shape index (κ3) is 6.84. The Labute approximate surface area is 171 Å². The topological polar surface area (TPSA) is 76.7 Å². The molecular formula is C23H26N2O4. The molecule has 29 heavy (non-hydrogen) atoms. The van der Waals surface area contributed by atoms with Crippen LogP contribution < -0.4 is 20.1 Å². The van der Waals surface area contributed by atoms with Gasteiger partial charge in [0.15, 0.2) is 11.5 Å². The predicted octanol–water partition coefficient (Wildman–Crippen LogP) is 4.05. The monoisotopic (exact) mass is 394 g/mol. The zero-order valence-electron chi connectivity index (χ0n) is 16.9. The second-order valence-corrected chi connectivity index (χ2v) is 6.54. The number of carbonyl (C=O) groups excluding carboxylic acids is 2. The van der Waals surface area contributed by atoms with Crippen molar-refractivity contribution >= 4 is 23.6 Å². The normalized spacial score (nSPS) is 10.6. The third-order valence-electron chi connectivity index (χ3n) is 3.81. The van der Waals surface area contributed by atoms with Crippen LogP contribution >= 0.6 is 0 Å². The molecule has 0 unspecified atom stereocenters. The summed E-state index contributed by atoms with van der Waals surface area (Å²) in [7, 11) is 1.56. The van der Waals surface area contributed by atoms with E-state index in [2.05, 4.69) is 17.2 Å². The SMILES string of the molecule is C=CCOc1ccc(/C=C/C(=O)Nc2ccc(C(=O)NC(C)C)cc2)cc1OC. The first-order valence-electron chi connectivity index (χ1n) is 9.24. The Morgan fingerprint density at radius 2 is 1.83 bits per heavy atom. The molecule has 0 aromatic heterocycles. The van der Waals surface area contributed by atoms with Crippen LogP contribution in [0.25, 0.3) is 6.08 Å². The number of hydrogen-bond donors (Lipinski definition) is 2. The van der Waals surface area contributed by atoms with Gasteiger partial charge in [0.1, 0.15) is 6.61 Å². The number of methoxy groups -OCH3 is 1. The van der Waals surface area contributed by atoms with Gasteiger partial charge in [0.25, 0.3) is 5.91 Å². The molecule has 2 aromatic carbocycles.